The molecule has 1 rings (SSSR count). The molecule has 0 aromatic rings. The Morgan fingerprint density at radius 2 is 2.33 bits per heavy atom. The summed E-state index contributed by atoms with van der Waals surface area (Å²) in [6, 6.07) is 0. The Bertz CT molecular complexity index is 219. The van der Waals surface area contributed by atoms with E-state index in [-0.39, 0.29) is 5.82 Å². The molecule has 1 N–H and O–H groups in total. The molecule has 12 heavy (non-hydrogen) atoms. The molecule has 0 spiro atoms. The quantitative estimate of drug-likeness (QED) is 0.452. The second-order valence-electron chi connectivity index (χ2n) is 3.36. The molecule has 1 aliphatic rings. The first-order chi connectivity index (χ1) is 5.61. The average Bonchev–Trinajstić information content (AvgIpc) is 2.10. The predicted molar refractivity (Wildman–Crippen MR) is 57.2 cm³/mol. The Morgan fingerprint density at radius 3 is 2.92 bits per heavy atom. The first-order valence-electron chi connectivity index (χ1n) is 4.10. The topological polar surface area (TPSA) is 12.0 Å². The van der Waals surface area contributed by atoms with E-state index in [0.717, 1.165) is 17.7 Å². The number of allylic oxidation sites excluding steroid dienone is 2. The minimum absolute atomic E-state index is 0.242. The van der Waals surface area contributed by atoms with Crippen LogP contribution < -0.4 is 4.72 Å². The van der Waals surface area contributed by atoms with Gasteiger partial charge in [-0.25, -0.2) is 0 Å². The fourth-order valence-electron chi connectivity index (χ4n) is 1.23. The van der Waals surface area contributed by atoms with Crippen LogP contribution in [-0.2, 0) is 0 Å². The van der Waals surface area contributed by atoms with Gasteiger partial charge in [0.25, 0.3) is 0 Å². The largest absolute Gasteiger partial charge is 0.330 e. The molecule has 0 aliphatic carbocycles. The van der Waals surface area contributed by atoms with E-state index < -0.39 is 0 Å². The Balaban J connectivity index is 2.78. The summed E-state index contributed by atoms with van der Waals surface area (Å²) in [6.07, 6.45) is 0.903. The number of hydrogen-bond acceptors (Lipinski definition) is 2. The van der Waals surface area contributed by atoms with Gasteiger partial charge in [0.1, 0.15) is 0 Å². The molecule has 0 saturated carbocycles. The SMILES string of the molecule is [B]C1CSNC(=C(C)C)C(=C)C1. The highest BCUT2D eigenvalue weighted by Gasteiger charge is 2.14. The zero-order valence-corrected chi connectivity index (χ0v) is 8.50. The summed E-state index contributed by atoms with van der Waals surface area (Å²) in [5.41, 5.74) is 3.59. The van der Waals surface area contributed by atoms with Crippen molar-refractivity contribution in [3.63, 3.8) is 0 Å². The van der Waals surface area contributed by atoms with Crippen molar-refractivity contribution in [2.45, 2.75) is 26.1 Å². The monoisotopic (exact) mass is 179 g/mol. The highest BCUT2D eigenvalue weighted by Crippen LogP contribution is 2.28. The summed E-state index contributed by atoms with van der Waals surface area (Å²) in [5.74, 6) is 1.20. The molecule has 0 bridgehead atoms. The first-order valence-corrected chi connectivity index (χ1v) is 5.09. The molecule has 2 radical (unpaired) electrons. The van der Waals surface area contributed by atoms with Crippen LogP contribution in [0, 0.1) is 0 Å². The van der Waals surface area contributed by atoms with E-state index in [4.69, 9.17) is 7.85 Å². The summed E-state index contributed by atoms with van der Waals surface area (Å²) in [6.45, 7) is 8.19. The van der Waals surface area contributed by atoms with Gasteiger partial charge in [-0.15, -0.1) is 0 Å². The molecule has 1 aliphatic heterocycles. The predicted octanol–water partition coefficient (Wildman–Crippen LogP) is 2.44. The second kappa shape index (κ2) is 4.08. The summed E-state index contributed by atoms with van der Waals surface area (Å²) in [5, 5.41) is 0. The Hall–Kier alpha value is -0.305. The van der Waals surface area contributed by atoms with Gasteiger partial charge in [0.15, 0.2) is 0 Å². The molecule has 1 fully saturated rings. The van der Waals surface area contributed by atoms with Gasteiger partial charge in [-0.05, 0) is 25.8 Å². The molecular weight excluding hydrogens is 165 g/mol. The van der Waals surface area contributed by atoms with Gasteiger partial charge in [0, 0.05) is 11.4 Å². The van der Waals surface area contributed by atoms with Crippen LogP contribution in [-0.4, -0.2) is 13.6 Å². The van der Waals surface area contributed by atoms with Crippen molar-refractivity contribution in [3.8, 4) is 0 Å². The third-order valence-corrected chi connectivity index (χ3v) is 2.78. The van der Waals surface area contributed by atoms with Gasteiger partial charge in [0.05, 0.1) is 7.85 Å². The fraction of sp³-hybridized carbons (Fsp3) is 0.556. The lowest BCUT2D eigenvalue weighted by Crippen LogP contribution is -2.04. The van der Waals surface area contributed by atoms with Crippen LogP contribution in [0.5, 0.6) is 0 Å². The zero-order chi connectivity index (χ0) is 9.14. The Labute approximate surface area is 80.2 Å². The van der Waals surface area contributed by atoms with Crippen molar-refractivity contribution in [1.29, 1.82) is 0 Å². The van der Waals surface area contributed by atoms with Crippen molar-refractivity contribution in [2.75, 3.05) is 5.75 Å². The van der Waals surface area contributed by atoms with Crippen LogP contribution in [0.15, 0.2) is 23.4 Å². The molecule has 0 aromatic heterocycles. The summed E-state index contributed by atoms with van der Waals surface area (Å²) >= 11 is 1.67. The van der Waals surface area contributed by atoms with Crippen molar-refractivity contribution < 1.29 is 0 Å². The van der Waals surface area contributed by atoms with E-state index in [2.05, 4.69) is 25.1 Å². The zero-order valence-electron chi connectivity index (χ0n) is 7.68. The van der Waals surface area contributed by atoms with E-state index in [1.54, 1.807) is 11.9 Å². The molecular formula is C9H14BNS. The maximum Gasteiger partial charge on any atom is 0.0716 e. The van der Waals surface area contributed by atoms with Crippen molar-refractivity contribution in [1.82, 2.24) is 4.72 Å². The second-order valence-corrected chi connectivity index (χ2v) is 4.18. The lowest BCUT2D eigenvalue weighted by molar-refractivity contribution is 0.922. The van der Waals surface area contributed by atoms with E-state index in [0.29, 0.717) is 0 Å². The van der Waals surface area contributed by atoms with Crippen LogP contribution in [0.1, 0.15) is 20.3 Å². The molecule has 1 unspecified atom stereocenters. The lowest BCUT2D eigenvalue weighted by Gasteiger charge is -2.10. The number of rotatable bonds is 0. The summed E-state index contributed by atoms with van der Waals surface area (Å²) in [7, 11) is 5.84. The third kappa shape index (κ3) is 2.34. The Kier molecular flexibility index (Phi) is 3.33. The molecule has 1 nitrogen and oxygen atoms in total. The number of hydrogen-bond donors (Lipinski definition) is 1. The molecule has 0 amide bonds. The normalized spacial score (nSPS) is 24.7. The minimum atomic E-state index is 0.242. The van der Waals surface area contributed by atoms with Gasteiger partial charge in [0.2, 0.25) is 0 Å². The van der Waals surface area contributed by atoms with Crippen LogP contribution in [0.3, 0.4) is 0 Å². The highest BCUT2D eigenvalue weighted by atomic mass is 32.2. The highest BCUT2D eigenvalue weighted by molar-refractivity contribution is 7.97. The van der Waals surface area contributed by atoms with E-state index in [1.807, 2.05) is 0 Å². The maximum atomic E-state index is 5.84. The molecule has 0 aromatic carbocycles. The van der Waals surface area contributed by atoms with Crippen molar-refractivity contribution in [2.24, 2.45) is 0 Å². The van der Waals surface area contributed by atoms with E-state index in [9.17, 15) is 0 Å². The molecule has 64 valence electrons. The van der Waals surface area contributed by atoms with Crippen molar-refractivity contribution >= 4 is 19.8 Å². The van der Waals surface area contributed by atoms with Crippen LogP contribution >= 0.6 is 11.9 Å². The molecule has 3 heteroatoms. The van der Waals surface area contributed by atoms with E-state index in [1.165, 1.54) is 11.3 Å². The van der Waals surface area contributed by atoms with Crippen LogP contribution in [0.25, 0.3) is 0 Å². The molecule has 1 atom stereocenters. The molecule has 1 heterocycles. The van der Waals surface area contributed by atoms with Gasteiger partial charge >= 0.3 is 0 Å². The van der Waals surface area contributed by atoms with Crippen LogP contribution in [0.4, 0.5) is 0 Å². The standard InChI is InChI=1S/C9H14BNS/c1-6(2)9-7(3)4-8(10)5-12-11-9/h8,11H,3-5H2,1-2H3. The first kappa shape index (κ1) is 9.78. The van der Waals surface area contributed by atoms with Gasteiger partial charge < -0.3 is 4.72 Å². The fourth-order valence-corrected chi connectivity index (χ4v) is 2.13. The van der Waals surface area contributed by atoms with Crippen molar-refractivity contribution in [3.05, 3.63) is 23.4 Å². The lowest BCUT2D eigenvalue weighted by atomic mass is 9.83. The maximum absolute atomic E-state index is 5.84. The molecule has 1 saturated heterocycles. The number of nitrogens with one attached hydrogen (secondary N) is 1. The van der Waals surface area contributed by atoms with E-state index >= 15 is 0 Å². The average molecular weight is 179 g/mol. The minimum Gasteiger partial charge on any atom is -0.330 e. The summed E-state index contributed by atoms with van der Waals surface area (Å²) in [4.78, 5) is 0. The summed E-state index contributed by atoms with van der Waals surface area (Å²) < 4.78 is 3.28. The van der Waals surface area contributed by atoms with Gasteiger partial charge in [-0.3, -0.25) is 0 Å². The third-order valence-electron chi connectivity index (χ3n) is 1.83. The Morgan fingerprint density at radius 1 is 1.67 bits per heavy atom. The smallest absolute Gasteiger partial charge is 0.0716 e. The van der Waals surface area contributed by atoms with Gasteiger partial charge in [-0.2, -0.15) is 0 Å². The van der Waals surface area contributed by atoms with Gasteiger partial charge in [-0.1, -0.05) is 29.9 Å². The van der Waals surface area contributed by atoms with Crippen LogP contribution in [0.2, 0.25) is 5.82 Å².